The predicted octanol–water partition coefficient (Wildman–Crippen LogP) is 1.79. The number of hydrogen-bond acceptors (Lipinski definition) is 3. The van der Waals surface area contributed by atoms with E-state index in [0.29, 0.717) is 37.7 Å². The van der Waals surface area contributed by atoms with Gasteiger partial charge in [0, 0.05) is 25.6 Å². The quantitative estimate of drug-likeness (QED) is 0.808. The number of halogens is 1. The molecule has 1 saturated heterocycles. The number of ether oxygens (including phenoxy) is 1. The van der Waals surface area contributed by atoms with Gasteiger partial charge in [-0.15, -0.1) is 0 Å². The number of rotatable bonds is 6. The van der Waals surface area contributed by atoms with Crippen LogP contribution >= 0.6 is 0 Å². The van der Waals surface area contributed by atoms with Gasteiger partial charge in [0.15, 0.2) is 0 Å². The van der Waals surface area contributed by atoms with Gasteiger partial charge in [0.05, 0.1) is 6.61 Å². The van der Waals surface area contributed by atoms with Crippen LogP contribution in [-0.4, -0.2) is 37.0 Å². The smallest absolute Gasteiger partial charge is 0.222 e. The minimum Gasteiger partial charge on any atom is -0.493 e. The fourth-order valence-corrected chi connectivity index (χ4v) is 2.38. The summed E-state index contributed by atoms with van der Waals surface area (Å²) in [6.07, 6.45) is 2.10. The standard InChI is InChI=1S/C15H21FN2O2/c16-13-3-1-4-14(9-13)20-8-2-5-15(19)18-7-6-12(10-17)11-18/h1,3-4,9,12H,2,5-8,10-11,17H2. The van der Waals surface area contributed by atoms with E-state index in [9.17, 15) is 9.18 Å². The molecule has 2 rings (SSSR count). The summed E-state index contributed by atoms with van der Waals surface area (Å²) < 4.78 is 18.3. The highest BCUT2D eigenvalue weighted by atomic mass is 19.1. The summed E-state index contributed by atoms with van der Waals surface area (Å²) in [6, 6.07) is 6.02. The zero-order valence-corrected chi connectivity index (χ0v) is 11.6. The van der Waals surface area contributed by atoms with Crippen LogP contribution in [0.1, 0.15) is 19.3 Å². The SMILES string of the molecule is NCC1CCN(C(=O)CCCOc2cccc(F)c2)C1. The molecule has 0 spiro atoms. The van der Waals surface area contributed by atoms with Crippen molar-refractivity contribution >= 4 is 5.91 Å². The van der Waals surface area contributed by atoms with Crippen molar-refractivity contribution in [2.45, 2.75) is 19.3 Å². The number of carbonyl (C=O) groups is 1. The first-order valence-corrected chi connectivity index (χ1v) is 7.05. The van der Waals surface area contributed by atoms with Crippen molar-refractivity contribution in [1.82, 2.24) is 4.90 Å². The maximum absolute atomic E-state index is 12.9. The molecule has 1 aliphatic rings. The molecule has 20 heavy (non-hydrogen) atoms. The molecule has 1 unspecified atom stereocenters. The molecule has 0 aromatic heterocycles. The number of hydrogen-bond donors (Lipinski definition) is 1. The predicted molar refractivity (Wildman–Crippen MR) is 74.9 cm³/mol. The lowest BCUT2D eigenvalue weighted by Crippen LogP contribution is -2.29. The monoisotopic (exact) mass is 280 g/mol. The summed E-state index contributed by atoms with van der Waals surface area (Å²) in [5, 5.41) is 0. The maximum Gasteiger partial charge on any atom is 0.222 e. The molecule has 1 amide bonds. The average molecular weight is 280 g/mol. The summed E-state index contributed by atoms with van der Waals surface area (Å²) in [5.74, 6) is 0.788. The zero-order chi connectivity index (χ0) is 14.4. The molecular weight excluding hydrogens is 259 g/mol. The second kappa shape index (κ2) is 7.24. The molecule has 0 bridgehead atoms. The van der Waals surface area contributed by atoms with Crippen LogP contribution in [0, 0.1) is 11.7 Å². The topological polar surface area (TPSA) is 55.6 Å². The van der Waals surface area contributed by atoms with E-state index in [1.807, 2.05) is 4.90 Å². The largest absolute Gasteiger partial charge is 0.493 e. The first-order chi connectivity index (χ1) is 9.69. The van der Waals surface area contributed by atoms with Gasteiger partial charge in [-0.05, 0) is 37.4 Å². The van der Waals surface area contributed by atoms with Crippen LogP contribution in [0.25, 0.3) is 0 Å². The lowest BCUT2D eigenvalue weighted by molar-refractivity contribution is -0.130. The summed E-state index contributed by atoms with van der Waals surface area (Å²) in [4.78, 5) is 13.8. The Hall–Kier alpha value is -1.62. The molecule has 0 saturated carbocycles. The summed E-state index contributed by atoms with van der Waals surface area (Å²) in [6.45, 7) is 2.65. The average Bonchev–Trinajstić information content (AvgIpc) is 2.92. The van der Waals surface area contributed by atoms with Crippen molar-refractivity contribution in [1.29, 1.82) is 0 Å². The third-order valence-corrected chi connectivity index (χ3v) is 3.57. The van der Waals surface area contributed by atoms with Gasteiger partial charge in [0.2, 0.25) is 5.91 Å². The normalized spacial score (nSPS) is 18.3. The second-order valence-electron chi connectivity index (χ2n) is 5.14. The van der Waals surface area contributed by atoms with Crippen molar-refractivity contribution in [2.75, 3.05) is 26.2 Å². The van der Waals surface area contributed by atoms with E-state index in [-0.39, 0.29) is 11.7 Å². The highest BCUT2D eigenvalue weighted by Gasteiger charge is 2.24. The number of amides is 1. The van der Waals surface area contributed by atoms with Crippen LogP contribution < -0.4 is 10.5 Å². The van der Waals surface area contributed by atoms with Crippen LogP contribution in [0.2, 0.25) is 0 Å². The van der Waals surface area contributed by atoms with Crippen LogP contribution in [0.15, 0.2) is 24.3 Å². The maximum atomic E-state index is 12.9. The molecule has 0 aliphatic carbocycles. The lowest BCUT2D eigenvalue weighted by atomic mass is 10.1. The highest BCUT2D eigenvalue weighted by Crippen LogP contribution is 2.16. The van der Waals surface area contributed by atoms with Gasteiger partial charge in [0.1, 0.15) is 11.6 Å². The molecule has 2 N–H and O–H groups in total. The molecule has 4 nitrogen and oxygen atoms in total. The van der Waals surface area contributed by atoms with Gasteiger partial charge < -0.3 is 15.4 Å². The van der Waals surface area contributed by atoms with Crippen LogP contribution in [-0.2, 0) is 4.79 Å². The van der Waals surface area contributed by atoms with Gasteiger partial charge in [-0.25, -0.2) is 4.39 Å². The van der Waals surface area contributed by atoms with Crippen molar-refractivity contribution in [3.8, 4) is 5.75 Å². The fourth-order valence-electron chi connectivity index (χ4n) is 2.38. The van der Waals surface area contributed by atoms with Gasteiger partial charge >= 0.3 is 0 Å². The van der Waals surface area contributed by atoms with E-state index < -0.39 is 0 Å². The van der Waals surface area contributed by atoms with Crippen LogP contribution in [0.4, 0.5) is 4.39 Å². The first kappa shape index (κ1) is 14.8. The van der Waals surface area contributed by atoms with E-state index in [2.05, 4.69) is 0 Å². The van der Waals surface area contributed by atoms with Crippen LogP contribution in [0.5, 0.6) is 5.75 Å². The van der Waals surface area contributed by atoms with E-state index in [0.717, 1.165) is 19.5 Å². The number of nitrogens with two attached hydrogens (primary N) is 1. The second-order valence-corrected chi connectivity index (χ2v) is 5.14. The minimum absolute atomic E-state index is 0.156. The number of carbonyl (C=O) groups excluding carboxylic acids is 1. The Kier molecular flexibility index (Phi) is 5.35. The van der Waals surface area contributed by atoms with Gasteiger partial charge in [-0.2, -0.15) is 0 Å². The Labute approximate surface area is 118 Å². The molecule has 1 aromatic rings. The summed E-state index contributed by atoms with van der Waals surface area (Å²) in [7, 11) is 0. The Morgan fingerprint density at radius 2 is 2.35 bits per heavy atom. The van der Waals surface area contributed by atoms with E-state index in [1.54, 1.807) is 12.1 Å². The molecule has 1 fully saturated rings. The van der Waals surface area contributed by atoms with Gasteiger partial charge in [-0.3, -0.25) is 4.79 Å². The Balaban J connectivity index is 1.65. The van der Waals surface area contributed by atoms with E-state index >= 15 is 0 Å². The van der Waals surface area contributed by atoms with Gasteiger partial charge in [0.25, 0.3) is 0 Å². The Morgan fingerprint density at radius 3 is 3.05 bits per heavy atom. The highest BCUT2D eigenvalue weighted by molar-refractivity contribution is 5.76. The molecule has 1 aliphatic heterocycles. The minimum atomic E-state index is -0.316. The van der Waals surface area contributed by atoms with E-state index in [4.69, 9.17) is 10.5 Å². The molecular formula is C15H21FN2O2. The van der Waals surface area contributed by atoms with Crippen molar-refractivity contribution in [3.05, 3.63) is 30.1 Å². The Morgan fingerprint density at radius 1 is 1.50 bits per heavy atom. The fraction of sp³-hybridized carbons (Fsp3) is 0.533. The van der Waals surface area contributed by atoms with Crippen molar-refractivity contribution in [2.24, 2.45) is 11.7 Å². The lowest BCUT2D eigenvalue weighted by Gasteiger charge is -2.16. The molecule has 1 heterocycles. The van der Waals surface area contributed by atoms with Crippen molar-refractivity contribution < 1.29 is 13.9 Å². The number of benzene rings is 1. The molecule has 1 atom stereocenters. The van der Waals surface area contributed by atoms with Crippen molar-refractivity contribution in [3.63, 3.8) is 0 Å². The third-order valence-electron chi connectivity index (χ3n) is 3.57. The summed E-state index contributed by atoms with van der Waals surface area (Å²) >= 11 is 0. The van der Waals surface area contributed by atoms with Gasteiger partial charge in [-0.1, -0.05) is 6.07 Å². The Bertz CT molecular complexity index is 453. The zero-order valence-electron chi connectivity index (χ0n) is 11.6. The number of nitrogens with zero attached hydrogens (tertiary/aromatic N) is 1. The molecule has 1 aromatic carbocycles. The first-order valence-electron chi connectivity index (χ1n) is 7.05. The third kappa shape index (κ3) is 4.20. The van der Waals surface area contributed by atoms with E-state index in [1.165, 1.54) is 12.1 Å². The number of likely N-dealkylation sites (tertiary alicyclic amines) is 1. The molecule has 110 valence electrons. The molecule has 5 heteroatoms. The van der Waals surface area contributed by atoms with Crippen LogP contribution in [0.3, 0.4) is 0 Å². The molecule has 0 radical (unpaired) electrons. The summed E-state index contributed by atoms with van der Waals surface area (Å²) in [5.41, 5.74) is 5.61.